The van der Waals surface area contributed by atoms with E-state index >= 15 is 0 Å². The molecule has 0 fully saturated rings. The average molecular weight is 331 g/mol. The molecule has 0 aromatic rings. The Morgan fingerprint density at radius 1 is 1.00 bits per heavy atom. The van der Waals surface area contributed by atoms with E-state index in [0.717, 1.165) is 0 Å². The maximum Gasteiger partial charge on any atom is 0 e. The molecular formula is H4CeLaOS. The zero-order valence-corrected chi connectivity index (χ0v) is 9.84. The van der Waals surface area contributed by atoms with E-state index in [2.05, 4.69) is 0 Å². The summed E-state index contributed by atoms with van der Waals surface area (Å²) in [6, 6.07) is 0. The van der Waals surface area contributed by atoms with E-state index in [4.69, 9.17) is 0 Å². The molecule has 0 aliphatic heterocycles. The Balaban J connectivity index is 0. The van der Waals surface area contributed by atoms with Gasteiger partial charge in [0.15, 0.2) is 0 Å². The van der Waals surface area contributed by atoms with E-state index in [0.29, 0.717) is 0 Å². The molecule has 0 aliphatic carbocycles. The third kappa shape index (κ3) is 8.86. The molecule has 0 amide bonds. The molecule has 1 nitrogen and oxygen atoms in total. The normalized spacial score (nSPS) is 0. The molecule has 0 aliphatic rings. The van der Waals surface area contributed by atoms with Gasteiger partial charge in [0.2, 0.25) is 0 Å². The van der Waals surface area contributed by atoms with Gasteiger partial charge in [0.05, 0.1) is 0 Å². The first kappa shape index (κ1) is 28.7. The van der Waals surface area contributed by atoms with Crippen LogP contribution in [-0.2, 0) is 0 Å². The fraction of sp³-hybridized carbons (Fsp3) is 0. The smallest absolute Gasteiger partial charge is 0 e. The minimum Gasteiger partial charge on any atom is -0.412 e. The molecule has 0 spiro atoms. The van der Waals surface area contributed by atoms with Gasteiger partial charge in [-0.05, 0) is 0 Å². The van der Waals surface area contributed by atoms with Crippen molar-refractivity contribution in [2.75, 3.05) is 0 Å². The standard InChI is InChI=1S/Ce.La.H2O.H2S/h;;2*1H2. The first-order valence-corrected chi connectivity index (χ1v) is 0. The third-order valence-electron chi connectivity index (χ3n) is 0. The van der Waals surface area contributed by atoms with Crippen molar-refractivity contribution >= 4 is 13.5 Å². The maximum absolute atomic E-state index is 0. The van der Waals surface area contributed by atoms with E-state index in [1.54, 1.807) is 0 Å². The number of hydrogen-bond donors (Lipinski definition) is 0. The maximum atomic E-state index is 0. The molecule has 4 heteroatoms. The van der Waals surface area contributed by atoms with Crippen molar-refractivity contribution in [3.05, 3.63) is 0 Å². The summed E-state index contributed by atoms with van der Waals surface area (Å²) >= 11 is 0. The van der Waals surface area contributed by atoms with Crippen molar-refractivity contribution in [3.8, 4) is 0 Å². The number of rotatable bonds is 0. The van der Waals surface area contributed by atoms with Crippen LogP contribution in [0, 0.1) is 77.3 Å². The Labute approximate surface area is 94.0 Å². The van der Waals surface area contributed by atoms with E-state index in [-0.39, 0.29) is 96.3 Å². The van der Waals surface area contributed by atoms with Gasteiger partial charge in [0.25, 0.3) is 0 Å². The monoisotopic (exact) mass is 331 g/mol. The first-order valence-electron chi connectivity index (χ1n) is 0. The zero-order chi connectivity index (χ0) is 0. The molecule has 0 bridgehead atoms. The van der Waals surface area contributed by atoms with Crippen LogP contribution in [0.1, 0.15) is 0 Å². The second kappa shape index (κ2) is 16.9. The summed E-state index contributed by atoms with van der Waals surface area (Å²) in [7, 11) is 0. The summed E-state index contributed by atoms with van der Waals surface area (Å²) in [4.78, 5) is 0. The predicted molar refractivity (Wildman–Crippen MR) is 14.0 cm³/mol. The van der Waals surface area contributed by atoms with Gasteiger partial charge in [-0.1, -0.05) is 0 Å². The van der Waals surface area contributed by atoms with Crippen molar-refractivity contribution in [1.82, 2.24) is 0 Å². The van der Waals surface area contributed by atoms with Crippen molar-refractivity contribution < 1.29 is 82.8 Å². The quantitative estimate of drug-likeness (QED) is 0.562. The average Bonchev–Trinajstić information content (AvgIpc) is 0. The molecule has 0 rings (SSSR count). The summed E-state index contributed by atoms with van der Waals surface area (Å²) in [5, 5.41) is 0. The Morgan fingerprint density at radius 3 is 1.00 bits per heavy atom. The topological polar surface area (TPSA) is 31.5 Å². The molecule has 0 saturated carbocycles. The molecule has 0 atom stereocenters. The van der Waals surface area contributed by atoms with Crippen LogP contribution >= 0.6 is 13.5 Å². The van der Waals surface area contributed by atoms with Crippen molar-refractivity contribution in [3.63, 3.8) is 0 Å². The van der Waals surface area contributed by atoms with Crippen LogP contribution in [0.3, 0.4) is 0 Å². The van der Waals surface area contributed by atoms with Crippen LogP contribution in [0.15, 0.2) is 0 Å². The Hall–Kier alpha value is 2.88. The van der Waals surface area contributed by atoms with Crippen LogP contribution in [0.4, 0.5) is 0 Å². The van der Waals surface area contributed by atoms with Crippen LogP contribution in [-0.4, -0.2) is 5.48 Å². The molecule has 4 heavy (non-hydrogen) atoms. The van der Waals surface area contributed by atoms with Gasteiger partial charge >= 0.3 is 0 Å². The van der Waals surface area contributed by atoms with Gasteiger partial charge in [-0.3, -0.25) is 0 Å². The minimum absolute atomic E-state index is 0. The van der Waals surface area contributed by atoms with E-state index in [1.807, 2.05) is 0 Å². The van der Waals surface area contributed by atoms with Gasteiger partial charge in [-0.15, -0.1) is 0 Å². The molecule has 0 saturated heterocycles. The van der Waals surface area contributed by atoms with E-state index < -0.39 is 0 Å². The van der Waals surface area contributed by atoms with E-state index in [1.165, 1.54) is 0 Å². The van der Waals surface area contributed by atoms with Crippen LogP contribution in [0.25, 0.3) is 0 Å². The molecule has 0 heterocycles. The third-order valence-corrected chi connectivity index (χ3v) is 0. The Morgan fingerprint density at radius 2 is 1.00 bits per heavy atom. The van der Waals surface area contributed by atoms with Crippen molar-refractivity contribution in [2.24, 2.45) is 0 Å². The molecule has 0 unspecified atom stereocenters. The predicted octanol–water partition coefficient (Wildman–Crippen LogP) is -0.712. The molecular weight excluding hydrogens is 327 g/mol. The van der Waals surface area contributed by atoms with Crippen molar-refractivity contribution in [1.29, 1.82) is 0 Å². The summed E-state index contributed by atoms with van der Waals surface area (Å²) in [5.74, 6) is 0. The van der Waals surface area contributed by atoms with Crippen LogP contribution in [0.5, 0.6) is 0 Å². The molecule has 2 N–H and O–H groups in total. The van der Waals surface area contributed by atoms with Gasteiger partial charge in [-0.25, -0.2) is 0 Å². The minimum atomic E-state index is 0. The SMILES string of the molecule is O.S.[Ce].[La]. The first-order chi connectivity index (χ1) is 0. The van der Waals surface area contributed by atoms with Gasteiger partial charge < -0.3 is 5.48 Å². The Kier molecular flexibility index (Phi) is 121. The van der Waals surface area contributed by atoms with Gasteiger partial charge in [0, 0.05) is 77.3 Å². The number of hydrogen-bond acceptors (Lipinski definition) is 0. The molecule has 1 radical (unpaired) electrons. The molecule has 23 valence electrons. The molecule has 0 aromatic heterocycles. The fourth-order valence-electron chi connectivity index (χ4n) is 0. The summed E-state index contributed by atoms with van der Waals surface area (Å²) in [6.07, 6.45) is 0. The zero-order valence-electron chi connectivity index (χ0n) is 2.08. The fourth-order valence-corrected chi connectivity index (χ4v) is 0. The summed E-state index contributed by atoms with van der Waals surface area (Å²) in [5.41, 5.74) is 0. The van der Waals surface area contributed by atoms with Crippen molar-refractivity contribution in [2.45, 2.75) is 0 Å². The second-order valence-electron chi connectivity index (χ2n) is 0. The summed E-state index contributed by atoms with van der Waals surface area (Å²) in [6.45, 7) is 0. The van der Waals surface area contributed by atoms with E-state index in [9.17, 15) is 0 Å². The van der Waals surface area contributed by atoms with Crippen LogP contribution < -0.4 is 0 Å². The largest absolute Gasteiger partial charge is 0.412 e. The van der Waals surface area contributed by atoms with Gasteiger partial charge in [-0.2, -0.15) is 13.5 Å². The van der Waals surface area contributed by atoms with Crippen LogP contribution in [0.2, 0.25) is 0 Å². The second-order valence-corrected chi connectivity index (χ2v) is 0. The summed E-state index contributed by atoms with van der Waals surface area (Å²) < 4.78 is 0. The molecule has 0 aromatic carbocycles. The Bertz CT molecular complexity index is 8.00. The van der Waals surface area contributed by atoms with Gasteiger partial charge in [0.1, 0.15) is 0 Å².